The lowest BCUT2D eigenvalue weighted by Gasteiger charge is -2.32. The number of rotatable bonds is 2. The second-order valence-corrected chi connectivity index (χ2v) is 10.9. The van der Waals surface area contributed by atoms with Crippen LogP contribution in [0.4, 0.5) is 0 Å². The Balaban J connectivity index is 1.31. The first-order valence-electron chi connectivity index (χ1n) is 12.5. The summed E-state index contributed by atoms with van der Waals surface area (Å²) in [5.41, 5.74) is 4.58. The van der Waals surface area contributed by atoms with Crippen molar-refractivity contribution in [3.63, 3.8) is 0 Å². The van der Waals surface area contributed by atoms with Crippen LogP contribution in [-0.2, 0) is 9.31 Å². The molecule has 0 atom stereocenters. The summed E-state index contributed by atoms with van der Waals surface area (Å²) >= 11 is 0. The summed E-state index contributed by atoms with van der Waals surface area (Å²) in [7, 11) is -0.358. The summed E-state index contributed by atoms with van der Waals surface area (Å²) in [6.07, 6.45) is 0. The van der Waals surface area contributed by atoms with Crippen molar-refractivity contribution in [1.82, 2.24) is 0 Å². The molecule has 2 heterocycles. The molecule has 0 spiro atoms. The standard InChI is InChI=1S/C32H27BO3/c1-31(2)32(3,4)36-33(35-31)24-15-14-20-16-23(13-12-21(20)17-24)25-10-7-8-22-18-28-26-9-5-6-11-29(26)34-30(28)19-27(22)25/h5-19H,1-4H3. The molecule has 5 aromatic carbocycles. The molecule has 0 radical (unpaired) electrons. The maximum Gasteiger partial charge on any atom is 0.494 e. The van der Waals surface area contributed by atoms with Gasteiger partial charge in [0.1, 0.15) is 11.2 Å². The van der Waals surface area contributed by atoms with Gasteiger partial charge in [0.25, 0.3) is 0 Å². The Hall–Kier alpha value is -3.60. The minimum absolute atomic E-state index is 0.351. The van der Waals surface area contributed by atoms with E-state index >= 15 is 0 Å². The van der Waals surface area contributed by atoms with Gasteiger partial charge >= 0.3 is 7.12 Å². The fourth-order valence-electron chi connectivity index (χ4n) is 5.31. The van der Waals surface area contributed by atoms with E-state index < -0.39 is 0 Å². The van der Waals surface area contributed by atoms with Gasteiger partial charge in [-0.1, -0.05) is 66.7 Å². The molecule has 4 heteroatoms. The van der Waals surface area contributed by atoms with Gasteiger partial charge in [-0.15, -0.1) is 0 Å². The first-order valence-corrected chi connectivity index (χ1v) is 12.5. The van der Waals surface area contributed by atoms with Crippen molar-refractivity contribution in [2.24, 2.45) is 0 Å². The lowest BCUT2D eigenvalue weighted by Crippen LogP contribution is -2.41. The van der Waals surface area contributed by atoms with Gasteiger partial charge in [0, 0.05) is 10.8 Å². The van der Waals surface area contributed by atoms with Crippen LogP contribution in [0.5, 0.6) is 0 Å². The van der Waals surface area contributed by atoms with E-state index in [2.05, 4.69) is 107 Å². The molecule has 7 rings (SSSR count). The zero-order chi connectivity index (χ0) is 24.7. The van der Waals surface area contributed by atoms with Crippen LogP contribution in [0, 0.1) is 0 Å². The van der Waals surface area contributed by atoms with Gasteiger partial charge in [0.2, 0.25) is 0 Å². The predicted octanol–water partition coefficient (Wildman–Crippen LogP) is 7.86. The summed E-state index contributed by atoms with van der Waals surface area (Å²) in [4.78, 5) is 0. The number of furan rings is 1. The van der Waals surface area contributed by atoms with Gasteiger partial charge in [-0.05, 0) is 90.1 Å². The van der Waals surface area contributed by atoms with Gasteiger partial charge < -0.3 is 13.7 Å². The second kappa shape index (κ2) is 7.46. The molecule has 0 saturated carbocycles. The Bertz CT molecular complexity index is 1800. The average Bonchev–Trinajstić information content (AvgIpc) is 3.33. The minimum atomic E-state index is -0.358. The smallest absolute Gasteiger partial charge is 0.456 e. The van der Waals surface area contributed by atoms with Crippen LogP contribution < -0.4 is 5.46 Å². The minimum Gasteiger partial charge on any atom is -0.456 e. The maximum absolute atomic E-state index is 6.27. The predicted molar refractivity (Wildman–Crippen MR) is 150 cm³/mol. The molecule has 3 nitrogen and oxygen atoms in total. The molecule has 0 aliphatic carbocycles. The number of hydrogen-bond donors (Lipinski definition) is 0. The van der Waals surface area contributed by atoms with Crippen LogP contribution >= 0.6 is 0 Å². The van der Waals surface area contributed by atoms with Crippen LogP contribution in [0.2, 0.25) is 0 Å². The van der Waals surface area contributed by atoms with Crippen LogP contribution in [0.3, 0.4) is 0 Å². The molecule has 1 aromatic heterocycles. The normalized spacial score (nSPS) is 17.1. The van der Waals surface area contributed by atoms with Crippen molar-refractivity contribution < 1.29 is 13.7 Å². The van der Waals surface area contributed by atoms with Gasteiger partial charge in [0.05, 0.1) is 11.2 Å². The highest BCUT2D eigenvalue weighted by Gasteiger charge is 2.51. The molecule has 1 saturated heterocycles. The average molecular weight is 470 g/mol. The first kappa shape index (κ1) is 21.7. The Morgan fingerprint density at radius 3 is 2.14 bits per heavy atom. The van der Waals surface area contributed by atoms with E-state index in [1.54, 1.807) is 0 Å². The molecule has 176 valence electrons. The molecular formula is C32H27BO3. The van der Waals surface area contributed by atoms with E-state index in [0.29, 0.717) is 0 Å². The summed E-state index contributed by atoms with van der Waals surface area (Å²) in [5.74, 6) is 0. The summed E-state index contributed by atoms with van der Waals surface area (Å²) in [6.45, 7) is 8.35. The monoisotopic (exact) mass is 470 g/mol. The Kier molecular flexibility index (Phi) is 4.49. The van der Waals surface area contributed by atoms with Crippen LogP contribution in [-0.4, -0.2) is 18.3 Å². The second-order valence-electron chi connectivity index (χ2n) is 10.9. The van der Waals surface area contributed by atoms with E-state index in [1.807, 2.05) is 12.1 Å². The van der Waals surface area contributed by atoms with Crippen LogP contribution in [0.1, 0.15) is 27.7 Å². The van der Waals surface area contributed by atoms with E-state index in [9.17, 15) is 0 Å². The Labute approximate surface area is 210 Å². The van der Waals surface area contributed by atoms with E-state index in [0.717, 1.165) is 27.4 Å². The maximum atomic E-state index is 6.27. The van der Waals surface area contributed by atoms with Crippen molar-refractivity contribution in [2.45, 2.75) is 38.9 Å². The molecule has 0 N–H and O–H groups in total. The third kappa shape index (κ3) is 3.22. The number of fused-ring (bicyclic) bond motifs is 5. The third-order valence-corrected chi connectivity index (χ3v) is 8.08. The highest BCUT2D eigenvalue weighted by molar-refractivity contribution is 6.62. The fourth-order valence-corrected chi connectivity index (χ4v) is 5.31. The molecule has 1 fully saturated rings. The van der Waals surface area contributed by atoms with Gasteiger partial charge in [0.15, 0.2) is 0 Å². The highest BCUT2D eigenvalue weighted by Crippen LogP contribution is 2.38. The first-order chi connectivity index (χ1) is 17.3. The van der Waals surface area contributed by atoms with Crippen LogP contribution in [0.15, 0.2) is 95.4 Å². The highest BCUT2D eigenvalue weighted by atomic mass is 16.7. The summed E-state index contributed by atoms with van der Waals surface area (Å²) in [5, 5.41) is 7.08. The topological polar surface area (TPSA) is 31.6 Å². The van der Waals surface area contributed by atoms with Gasteiger partial charge in [-0.2, -0.15) is 0 Å². The molecule has 1 aliphatic heterocycles. The molecule has 0 unspecified atom stereocenters. The fraction of sp³-hybridized carbons (Fsp3) is 0.188. The van der Waals surface area contributed by atoms with Crippen molar-refractivity contribution >= 4 is 56.1 Å². The number of para-hydroxylation sites is 1. The van der Waals surface area contributed by atoms with Crippen LogP contribution in [0.25, 0.3) is 54.6 Å². The zero-order valence-electron chi connectivity index (χ0n) is 21.0. The van der Waals surface area contributed by atoms with Crippen molar-refractivity contribution in [3.05, 3.63) is 91.0 Å². The largest absolute Gasteiger partial charge is 0.494 e. The van der Waals surface area contributed by atoms with Gasteiger partial charge in [-0.3, -0.25) is 0 Å². The van der Waals surface area contributed by atoms with E-state index in [1.165, 1.54) is 32.7 Å². The third-order valence-electron chi connectivity index (χ3n) is 8.08. The van der Waals surface area contributed by atoms with Gasteiger partial charge in [-0.25, -0.2) is 0 Å². The SMILES string of the molecule is CC1(C)OB(c2ccc3cc(-c4cccc5cc6c(cc45)oc4ccccc46)ccc3c2)OC1(C)C. The van der Waals surface area contributed by atoms with Crippen molar-refractivity contribution in [3.8, 4) is 11.1 Å². The summed E-state index contributed by atoms with van der Waals surface area (Å²) in [6, 6.07) is 32.3. The Morgan fingerprint density at radius 2 is 1.31 bits per heavy atom. The molecule has 36 heavy (non-hydrogen) atoms. The lowest BCUT2D eigenvalue weighted by molar-refractivity contribution is 0.00578. The number of hydrogen-bond acceptors (Lipinski definition) is 3. The zero-order valence-corrected chi connectivity index (χ0v) is 21.0. The summed E-state index contributed by atoms with van der Waals surface area (Å²) < 4.78 is 18.7. The number of benzene rings is 5. The van der Waals surface area contributed by atoms with Crippen molar-refractivity contribution in [2.75, 3.05) is 0 Å². The molecule has 0 amide bonds. The Morgan fingerprint density at radius 1 is 0.556 bits per heavy atom. The molecule has 0 bridgehead atoms. The molecule has 1 aliphatic rings. The molecular weight excluding hydrogens is 443 g/mol. The van der Waals surface area contributed by atoms with E-state index in [-0.39, 0.29) is 18.3 Å². The van der Waals surface area contributed by atoms with Crippen molar-refractivity contribution in [1.29, 1.82) is 0 Å². The molecule has 6 aromatic rings. The quantitative estimate of drug-likeness (QED) is 0.242. The lowest BCUT2D eigenvalue weighted by atomic mass is 9.78. The van der Waals surface area contributed by atoms with E-state index in [4.69, 9.17) is 13.7 Å².